The maximum atomic E-state index is 12.0. The van der Waals surface area contributed by atoms with Gasteiger partial charge in [0.15, 0.2) is 0 Å². The number of hydrogen-bond acceptors (Lipinski definition) is 4. The number of carbonyl (C=O) groups excluding carboxylic acids is 2. The number of fused-ring (bicyclic) bond motifs is 1. The van der Waals surface area contributed by atoms with Crippen LogP contribution < -0.4 is 0 Å². The number of rotatable bonds is 2. The highest BCUT2D eigenvalue weighted by Crippen LogP contribution is 2.44. The van der Waals surface area contributed by atoms with E-state index in [1.807, 2.05) is 0 Å². The van der Waals surface area contributed by atoms with E-state index in [4.69, 9.17) is 4.74 Å². The molecule has 0 aromatic carbocycles. The monoisotopic (exact) mass is 227 g/mol. The fourth-order valence-corrected chi connectivity index (χ4v) is 2.82. The molecule has 2 aliphatic rings. The highest BCUT2D eigenvalue weighted by Gasteiger charge is 2.61. The van der Waals surface area contributed by atoms with Gasteiger partial charge in [-0.05, 0) is 20.3 Å². The Morgan fingerprint density at radius 3 is 2.94 bits per heavy atom. The summed E-state index contributed by atoms with van der Waals surface area (Å²) < 4.78 is 5.03. The molecule has 0 spiro atoms. The van der Waals surface area contributed by atoms with Crippen molar-refractivity contribution in [2.24, 2.45) is 0 Å². The number of ether oxygens (including phenoxy) is 1. The molecule has 16 heavy (non-hydrogen) atoms. The smallest absolute Gasteiger partial charge is 0.332 e. The predicted molar refractivity (Wildman–Crippen MR) is 55.6 cm³/mol. The lowest BCUT2D eigenvalue weighted by atomic mass is 9.88. The number of β-amino-alcohol motifs (C(OH)–C–C–N with tert-alkyl or cyclic N) is 1. The second-order valence-electron chi connectivity index (χ2n) is 4.91. The van der Waals surface area contributed by atoms with Crippen LogP contribution in [0.25, 0.3) is 0 Å². The van der Waals surface area contributed by atoms with Gasteiger partial charge in [0.1, 0.15) is 5.54 Å². The standard InChI is InChI=1S/C11H17NO4/c1-3-16-9(14)11-5-4-8(13)12(11)7-10(2,15)6-11/h15H,3-7H2,1-2H3/t10?,11-/m0/s1. The molecule has 0 aliphatic carbocycles. The van der Waals surface area contributed by atoms with Gasteiger partial charge in [-0.2, -0.15) is 0 Å². The minimum atomic E-state index is -0.983. The predicted octanol–water partition coefficient (Wildman–Crippen LogP) is 0.0654. The normalized spacial score (nSPS) is 37.7. The number of esters is 1. The molecule has 90 valence electrons. The molecule has 0 aromatic rings. The lowest BCUT2D eigenvalue weighted by Crippen LogP contribution is -2.48. The first kappa shape index (κ1) is 11.4. The lowest BCUT2D eigenvalue weighted by Gasteiger charge is -2.28. The zero-order valence-corrected chi connectivity index (χ0v) is 9.65. The van der Waals surface area contributed by atoms with Crippen molar-refractivity contribution in [2.45, 2.75) is 44.2 Å². The first-order chi connectivity index (χ1) is 7.41. The van der Waals surface area contributed by atoms with Crippen molar-refractivity contribution in [3.8, 4) is 0 Å². The van der Waals surface area contributed by atoms with E-state index in [-0.39, 0.29) is 24.8 Å². The van der Waals surface area contributed by atoms with Gasteiger partial charge in [0.05, 0.1) is 18.8 Å². The number of hydrogen-bond donors (Lipinski definition) is 1. The van der Waals surface area contributed by atoms with Gasteiger partial charge < -0.3 is 14.7 Å². The summed E-state index contributed by atoms with van der Waals surface area (Å²) in [6, 6.07) is 0. The van der Waals surface area contributed by atoms with Crippen molar-refractivity contribution >= 4 is 11.9 Å². The van der Waals surface area contributed by atoms with Crippen LogP contribution in [0.4, 0.5) is 0 Å². The van der Waals surface area contributed by atoms with Crippen LogP contribution in [0.15, 0.2) is 0 Å². The molecule has 0 saturated carbocycles. The molecule has 1 amide bonds. The highest BCUT2D eigenvalue weighted by atomic mass is 16.5. The maximum absolute atomic E-state index is 12.0. The Morgan fingerprint density at radius 2 is 2.31 bits per heavy atom. The van der Waals surface area contributed by atoms with E-state index in [0.29, 0.717) is 19.4 Å². The second kappa shape index (κ2) is 3.45. The Kier molecular flexibility index (Phi) is 2.45. The van der Waals surface area contributed by atoms with Crippen molar-refractivity contribution in [1.82, 2.24) is 4.90 Å². The number of carbonyl (C=O) groups is 2. The molecule has 2 rings (SSSR count). The Labute approximate surface area is 94.4 Å². The fourth-order valence-electron chi connectivity index (χ4n) is 2.82. The van der Waals surface area contributed by atoms with Gasteiger partial charge in [0.25, 0.3) is 0 Å². The minimum Gasteiger partial charge on any atom is -0.464 e. The van der Waals surface area contributed by atoms with Crippen LogP contribution in [-0.4, -0.2) is 46.2 Å². The van der Waals surface area contributed by atoms with Crippen LogP contribution in [0.2, 0.25) is 0 Å². The van der Waals surface area contributed by atoms with Crippen molar-refractivity contribution in [3.63, 3.8) is 0 Å². The van der Waals surface area contributed by atoms with E-state index in [1.165, 1.54) is 4.90 Å². The van der Waals surface area contributed by atoms with Crippen molar-refractivity contribution in [2.75, 3.05) is 13.2 Å². The van der Waals surface area contributed by atoms with E-state index in [1.54, 1.807) is 13.8 Å². The molecule has 1 N–H and O–H groups in total. The van der Waals surface area contributed by atoms with Crippen LogP contribution in [0, 0.1) is 0 Å². The van der Waals surface area contributed by atoms with E-state index < -0.39 is 11.1 Å². The SMILES string of the molecule is CCOC(=O)[C@@]12CCC(=O)N1CC(C)(O)C2. The lowest BCUT2D eigenvalue weighted by molar-refractivity contribution is -0.157. The quantitative estimate of drug-likeness (QED) is 0.678. The second-order valence-corrected chi connectivity index (χ2v) is 4.91. The number of amides is 1. The summed E-state index contributed by atoms with van der Waals surface area (Å²) in [4.78, 5) is 25.1. The molecular formula is C11H17NO4. The average molecular weight is 227 g/mol. The number of nitrogens with zero attached hydrogens (tertiary/aromatic N) is 1. The fraction of sp³-hybridized carbons (Fsp3) is 0.818. The summed E-state index contributed by atoms with van der Waals surface area (Å²) in [5.74, 6) is -0.440. The van der Waals surface area contributed by atoms with Gasteiger partial charge in [-0.15, -0.1) is 0 Å². The third-order valence-electron chi connectivity index (χ3n) is 3.40. The van der Waals surface area contributed by atoms with Crippen LogP contribution in [0.3, 0.4) is 0 Å². The van der Waals surface area contributed by atoms with Crippen LogP contribution in [-0.2, 0) is 14.3 Å². The summed E-state index contributed by atoms with van der Waals surface area (Å²) in [5, 5.41) is 10.00. The molecule has 2 atom stereocenters. The van der Waals surface area contributed by atoms with Gasteiger partial charge in [-0.25, -0.2) is 4.79 Å². The van der Waals surface area contributed by atoms with Crippen molar-refractivity contribution in [1.29, 1.82) is 0 Å². The molecule has 0 radical (unpaired) electrons. The molecule has 2 aliphatic heterocycles. The summed E-state index contributed by atoms with van der Waals surface area (Å²) in [5.41, 5.74) is -1.89. The van der Waals surface area contributed by atoms with E-state index >= 15 is 0 Å². The molecule has 0 aromatic heterocycles. The highest BCUT2D eigenvalue weighted by molar-refractivity contribution is 5.92. The van der Waals surface area contributed by atoms with Crippen LogP contribution in [0.5, 0.6) is 0 Å². The summed E-state index contributed by atoms with van der Waals surface area (Å²) in [7, 11) is 0. The first-order valence-electron chi connectivity index (χ1n) is 5.61. The Morgan fingerprint density at radius 1 is 1.62 bits per heavy atom. The first-order valence-corrected chi connectivity index (χ1v) is 5.61. The molecule has 5 nitrogen and oxygen atoms in total. The van der Waals surface area contributed by atoms with Crippen molar-refractivity contribution in [3.05, 3.63) is 0 Å². The number of aliphatic hydroxyl groups is 1. The summed E-state index contributed by atoms with van der Waals surface area (Å²) >= 11 is 0. The zero-order chi connectivity index (χ0) is 12.0. The van der Waals surface area contributed by atoms with Gasteiger partial charge in [-0.1, -0.05) is 0 Å². The third-order valence-corrected chi connectivity index (χ3v) is 3.40. The van der Waals surface area contributed by atoms with Crippen LogP contribution >= 0.6 is 0 Å². The van der Waals surface area contributed by atoms with Crippen LogP contribution in [0.1, 0.15) is 33.1 Å². The van der Waals surface area contributed by atoms with Gasteiger partial charge in [0.2, 0.25) is 5.91 Å². The average Bonchev–Trinajstić information content (AvgIpc) is 2.62. The Bertz CT molecular complexity index is 339. The molecule has 2 saturated heterocycles. The third kappa shape index (κ3) is 1.50. The zero-order valence-electron chi connectivity index (χ0n) is 9.65. The molecular weight excluding hydrogens is 210 g/mol. The van der Waals surface area contributed by atoms with Gasteiger partial charge in [-0.3, -0.25) is 4.79 Å². The van der Waals surface area contributed by atoms with E-state index in [9.17, 15) is 14.7 Å². The van der Waals surface area contributed by atoms with E-state index in [2.05, 4.69) is 0 Å². The summed E-state index contributed by atoms with van der Waals surface area (Å²) in [6.07, 6.45) is 1.11. The maximum Gasteiger partial charge on any atom is 0.332 e. The molecule has 5 heteroatoms. The molecule has 2 fully saturated rings. The summed E-state index contributed by atoms with van der Waals surface area (Å²) in [6.45, 7) is 3.91. The molecule has 2 heterocycles. The van der Waals surface area contributed by atoms with Gasteiger partial charge >= 0.3 is 5.97 Å². The minimum absolute atomic E-state index is 0.0640. The largest absolute Gasteiger partial charge is 0.464 e. The molecule has 0 bridgehead atoms. The van der Waals surface area contributed by atoms with Gasteiger partial charge in [0, 0.05) is 12.8 Å². The van der Waals surface area contributed by atoms with E-state index in [0.717, 1.165) is 0 Å². The topological polar surface area (TPSA) is 66.8 Å². The molecule has 1 unspecified atom stereocenters. The Balaban J connectivity index is 2.30. The van der Waals surface area contributed by atoms with Crippen molar-refractivity contribution < 1.29 is 19.4 Å². The Hall–Kier alpha value is -1.10.